The molecule has 1 aromatic carbocycles. The molecule has 8 heteroatoms. The van der Waals surface area contributed by atoms with Crippen LogP contribution in [0.15, 0.2) is 24.5 Å². The molecule has 122 valence electrons. The van der Waals surface area contributed by atoms with E-state index in [1.165, 1.54) is 0 Å². The van der Waals surface area contributed by atoms with Crippen molar-refractivity contribution in [2.45, 2.75) is 0 Å². The molecule has 4 rings (SSSR count). The highest BCUT2D eigenvalue weighted by atomic mass is 35.5. The van der Waals surface area contributed by atoms with Gasteiger partial charge in [0.05, 0.1) is 35.1 Å². The molecule has 1 aliphatic heterocycles. The van der Waals surface area contributed by atoms with Crippen molar-refractivity contribution in [3.63, 3.8) is 0 Å². The van der Waals surface area contributed by atoms with E-state index in [0.717, 1.165) is 5.39 Å². The monoisotopic (exact) mass is 363 g/mol. The predicted molar refractivity (Wildman–Crippen MR) is 90.3 cm³/mol. The zero-order valence-corrected chi connectivity index (χ0v) is 14.1. The number of fused-ring (bicyclic) bond motifs is 2. The van der Waals surface area contributed by atoms with E-state index in [4.69, 9.17) is 37.4 Å². The highest BCUT2D eigenvalue weighted by molar-refractivity contribution is 6.35. The van der Waals surface area contributed by atoms with Crippen molar-refractivity contribution >= 4 is 34.1 Å². The van der Waals surface area contributed by atoms with E-state index >= 15 is 0 Å². The Hall–Kier alpha value is -2.31. The number of pyridine rings is 1. The number of nitrogens with zero attached hydrogens (tertiary/aromatic N) is 3. The molecular weight excluding hydrogens is 353 g/mol. The molecule has 0 spiro atoms. The molecule has 0 fully saturated rings. The summed E-state index contributed by atoms with van der Waals surface area (Å²) in [6, 6.07) is 3.54. The topological polar surface area (TPSA) is 66.4 Å². The summed E-state index contributed by atoms with van der Waals surface area (Å²) >= 11 is 12.3. The summed E-state index contributed by atoms with van der Waals surface area (Å²) in [7, 11) is 1.55. The van der Waals surface area contributed by atoms with Gasteiger partial charge in [0.25, 0.3) is 0 Å². The molecule has 0 bridgehead atoms. The van der Waals surface area contributed by atoms with Crippen molar-refractivity contribution in [3.05, 3.63) is 34.8 Å². The molecule has 0 atom stereocenters. The van der Waals surface area contributed by atoms with Gasteiger partial charge in [-0.1, -0.05) is 11.6 Å². The average Bonchev–Trinajstić information content (AvgIpc) is 2.61. The largest absolute Gasteiger partial charge is 0.495 e. The third-order valence-electron chi connectivity index (χ3n) is 3.65. The van der Waals surface area contributed by atoms with Crippen molar-refractivity contribution in [3.8, 4) is 28.5 Å². The summed E-state index contributed by atoms with van der Waals surface area (Å²) in [5, 5.41) is 1.36. The van der Waals surface area contributed by atoms with Crippen LogP contribution in [0.3, 0.4) is 0 Å². The van der Waals surface area contributed by atoms with Gasteiger partial charge in [-0.3, -0.25) is 4.98 Å². The third kappa shape index (κ3) is 2.48. The van der Waals surface area contributed by atoms with Crippen molar-refractivity contribution in [1.29, 1.82) is 0 Å². The lowest BCUT2D eigenvalue weighted by Gasteiger charge is -2.23. The fourth-order valence-electron chi connectivity index (χ4n) is 2.57. The third-order valence-corrected chi connectivity index (χ3v) is 4.21. The summed E-state index contributed by atoms with van der Waals surface area (Å²) in [4.78, 5) is 12.6. The van der Waals surface area contributed by atoms with Crippen LogP contribution in [0.2, 0.25) is 10.3 Å². The molecule has 24 heavy (non-hydrogen) atoms. The summed E-state index contributed by atoms with van der Waals surface area (Å²) in [5.41, 5.74) is 1.87. The van der Waals surface area contributed by atoms with E-state index in [9.17, 15) is 0 Å². The molecular formula is C16H11Cl2N3O3. The van der Waals surface area contributed by atoms with Crippen LogP contribution in [0.4, 0.5) is 0 Å². The maximum atomic E-state index is 6.50. The maximum absolute atomic E-state index is 6.50. The van der Waals surface area contributed by atoms with E-state index in [1.807, 2.05) is 6.07 Å². The lowest BCUT2D eigenvalue weighted by atomic mass is 10.1. The van der Waals surface area contributed by atoms with Gasteiger partial charge in [-0.15, -0.1) is 0 Å². The SMILES string of the molecule is COc1cc2c(c(-c3cc4cnc(Cl)nc4cn3)c1Cl)OCCO2. The van der Waals surface area contributed by atoms with Crippen molar-refractivity contribution in [2.24, 2.45) is 0 Å². The van der Waals surface area contributed by atoms with Gasteiger partial charge in [0, 0.05) is 17.6 Å². The van der Waals surface area contributed by atoms with Crippen LogP contribution >= 0.6 is 23.2 Å². The molecule has 0 radical (unpaired) electrons. The van der Waals surface area contributed by atoms with Gasteiger partial charge in [0.2, 0.25) is 5.28 Å². The maximum Gasteiger partial charge on any atom is 0.222 e. The lowest BCUT2D eigenvalue weighted by Crippen LogP contribution is -2.16. The number of benzene rings is 1. The van der Waals surface area contributed by atoms with Gasteiger partial charge in [0.1, 0.15) is 19.0 Å². The first-order valence-corrected chi connectivity index (χ1v) is 7.87. The van der Waals surface area contributed by atoms with Crippen LogP contribution in [-0.4, -0.2) is 35.3 Å². The number of ether oxygens (including phenoxy) is 3. The minimum atomic E-state index is 0.172. The molecule has 0 saturated carbocycles. The highest BCUT2D eigenvalue weighted by Crippen LogP contribution is 2.48. The summed E-state index contributed by atoms with van der Waals surface area (Å²) in [6.45, 7) is 0.906. The Morgan fingerprint density at radius 2 is 1.92 bits per heavy atom. The number of rotatable bonds is 2. The second kappa shape index (κ2) is 5.96. The molecule has 1 aliphatic rings. The van der Waals surface area contributed by atoms with E-state index in [2.05, 4.69) is 15.0 Å². The Balaban J connectivity index is 1.96. The summed E-state index contributed by atoms with van der Waals surface area (Å²) in [5.74, 6) is 1.62. The first kappa shape index (κ1) is 15.2. The summed E-state index contributed by atoms with van der Waals surface area (Å²) in [6.07, 6.45) is 3.25. The molecule has 2 aromatic heterocycles. The number of methoxy groups -OCH3 is 1. The van der Waals surface area contributed by atoms with Gasteiger partial charge in [-0.05, 0) is 17.7 Å². The predicted octanol–water partition coefficient (Wildman–Crippen LogP) is 3.78. The van der Waals surface area contributed by atoms with Crippen molar-refractivity contribution in [2.75, 3.05) is 20.3 Å². The summed E-state index contributed by atoms with van der Waals surface area (Å²) < 4.78 is 16.8. The van der Waals surface area contributed by atoms with Crippen LogP contribution < -0.4 is 14.2 Å². The number of hydrogen-bond acceptors (Lipinski definition) is 6. The standard InChI is InChI=1S/C16H11Cl2N3O3/c1-22-11-5-12-15(24-3-2-23-12)13(14(11)17)9-4-8-6-20-16(18)21-10(8)7-19-9/h4-7H,2-3H2,1H3. The van der Waals surface area contributed by atoms with Gasteiger partial charge in [-0.2, -0.15) is 0 Å². The van der Waals surface area contributed by atoms with Crippen LogP contribution in [0.1, 0.15) is 0 Å². The Morgan fingerprint density at radius 3 is 2.75 bits per heavy atom. The van der Waals surface area contributed by atoms with Crippen LogP contribution in [0.25, 0.3) is 22.2 Å². The highest BCUT2D eigenvalue weighted by Gasteiger charge is 2.25. The second-order valence-corrected chi connectivity index (χ2v) is 5.78. The molecule has 6 nitrogen and oxygen atoms in total. The van der Waals surface area contributed by atoms with E-state index in [1.54, 1.807) is 25.6 Å². The Morgan fingerprint density at radius 1 is 1.08 bits per heavy atom. The van der Waals surface area contributed by atoms with E-state index in [-0.39, 0.29) is 5.28 Å². The molecule has 0 saturated heterocycles. The van der Waals surface area contributed by atoms with Crippen LogP contribution in [-0.2, 0) is 0 Å². The number of hydrogen-bond donors (Lipinski definition) is 0. The van der Waals surface area contributed by atoms with Gasteiger partial charge >= 0.3 is 0 Å². The van der Waals surface area contributed by atoms with Crippen LogP contribution in [0, 0.1) is 0 Å². The van der Waals surface area contributed by atoms with Gasteiger partial charge in [-0.25, -0.2) is 9.97 Å². The minimum Gasteiger partial charge on any atom is -0.495 e. The molecule has 3 aromatic rings. The van der Waals surface area contributed by atoms with E-state index < -0.39 is 0 Å². The van der Waals surface area contributed by atoms with Gasteiger partial charge < -0.3 is 14.2 Å². The fraction of sp³-hybridized carbons (Fsp3) is 0.188. The molecule has 0 aliphatic carbocycles. The minimum absolute atomic E-state index is 0.172. The lowest BCUT2D eigenvalue weighted by molar-refractivity contribution is 0.171. The normalized spacial score (nSPS) is 13.1. The molecule has 0 unspecified atom stereocenters. The number of halogens is 2. The second-order valence-electron chi connectivity index (χ2n) is 5.06. The zero-order chi connectivity index (χ0) is 16.7. The smallest absolute Gasteiger partial charge is 0.222 e. The Labute approximate surface area is 147 Å². The van der Waals surface area contributed by atoms with Crippen molar-refractivity contribution < 1.29 is 14.2 Å². The molecule has 3 heterocycles. The molecule has 0 N–H and O–H groups in total. The first-order chi connectivity index (χ1) is 11.7. The van der Waals surface area contributed by atoms with Gasteiger partial charge in [0.15, 0.2) is 11.5 Å². The fourth-order valence-corrected chi connectivity index (χ4v) is 3.02. The van der Waals surface area contributed by atoms with Crippen LogP contribution in [0.5, 0.6) is 17.2 Å². The van der Waals surface area contributed by atoms with E-state index in [0.29, 0.717) is 52.3 Å². The molecule has 0 amide bonds. The Bertz CT molecular complexity index is 949. The zero-order valence-electron chi connectivity index (χ0n) is 12.5. The average molecular weight is 364 g/mol. The quantitative estimate of drug-likeness (QED) is 0.645. The number of aromatic nitrogens is 3. The van der Waals surface area contributed by atoms with Crippen molar-refractivity contribution in [1.82, 2.24) is 15.0 Å². The first-order valence-electron chi connectivity index (χ1n) is 7.12. The Kier molecular flexibility index (Phi) is 3.78.